The summed E-state index contributed by atoms with van der Waals surface area (Å²) in [7, 11) is 0. The Morgan fingerprint density at radius 2 is 2.08 bits per heavy atom. The molecule has 0 aromatic rings. The van der Waals surface area contributed by atoms with E-state index in [4.69, 9.17) is 0 Å². The molecular weight excluding hydrogens is 162 g/mol. The van der Waals surface area contributed by atoms with E-state index in [1.54, 1.807) is 0 Å². The largest absolute Gasteiger partial charge is 0.388 e. The summed E-state index contributed by atoms with van der Waals surface area (Å²) < 4.78 is 0. The third-order valence-electron chi connectivity index (χ3n) is 3.14. The van der Waals surface area contributed by atoms with Crippen molar-refractivity contribution in [2.24, 2.45) is 11.8 Å². The Kier molecular flexibility index (Phi) is 3.74. The minimum atomic E-state index is -0.442. The molecule has 2 nitrogen and oxygen atoms in total. The zero-order valence-electron chi connectivity index (χ0n) is 9.14. The molecule has 2 unspecified atom stereocenters. The molecule has 13 heavy (non-hydrogen) atoms. The van der Waals surface area contributed by atoms with Gasteiger partial charge in [0, 0.05) is 6.54 Å². The fourth-order valence-electron chi connectivity index (χ4n) is 2.26. The van der Waals surface area contributed by atoms with Crippen LogP contribution in [0, 0.1) is 11.8 Å². The lowest BCUT2D eigenvalue weighted by molar-refractivity contribution is -0.0378. The summed E-state index contributed by atoms with van der Waals surface area (Å²) in [5.74, 6) is 1.10. The van der Waals surface area contributed by atoms with Crippen LogP contribution in [-0.2, 0) is 0 Å². The highest BCUT2D eigenvalue weighted by Gasteiger charge is 2.34. The van der Waals surface area contributed by atoms with Gasteiger partial charge in [0.25, 0.3) is 0 Å². The van der Waals surface area contributed by atoms with Crippen molar-refractivity contribution in [3.05, 3.63) is 0 Å². The van der Waals surface area contributed by atoms with E-state index in [0.29, 0.717) is 11.8 Å². The molecule has 0 aliphatic carbocycles. The van der Waals surface area contributed by atoms with Gasteiger partial charge in [0.15, 0.2) is 0 Å². The summed E-state index contributed by atoms with van der Waals surface area (Å²) in [4.78, 5) is 0. The molecule has 78 valence electrons. The molecule has 1 heterocycles. The first-order chi connectivity index (χ1) is 6.04. The first kappa shape index (κ1) is 11.0. The zero-order chi connectivity index (χ0) is 9.90. The molecule has 0 spiro atoms. The molecular formula is C11H23NO. The van der Waals surface area contributed by atoms with Crippen LogP contribution in [0.25, 0.3) is 0 Å². The molecule has 1 saturated heterocycles. The number of β-amino-alcohol motifs (C(OH)–C–C–N with tert-alkyl or cyclic N) is 1. The van der Waals surface area contributed by atoms with Crippen LogP contribution in [0.1, 0.15) is 40.0 Å². The van der Waals surface area contributed by atoms with E-state index in [9.17, 15) is 5.11 Å². The number of nitrogens with one attached hydrogen (secondary N) is 1. The van der Waals surface area contributed by atoms with Crippen molar-refractivity contribution in [3.63, 3.8) is 0 Å². The van der Waals surface area contributed by atoms with E-state index < -0.39 is 5.60 Å². The Bertz CT molecular complexity index is 150. The lowest BCUT2D eigenvalue weighted by Gasteiger charge is -2.38. The SMILES string of the molecule is CC(C)CC(C)C1(O)CCCNC1. The molecule has 0 aromatic carbocycles. The van der Waals surface area contributed by atoms with E-state index in [1.807, 2.05) is 0 Å². The predicted molar refractivity (Wildman–Crippen MR) is 55.7 cm³/mol. The third-order valence-corrected chi connectivity index (χ3v) is 3.14. The van der Waals surface area contributed by atoms with E-state index in [0.717, 1.165) is 32.4 Å². The first-order valence-corrected chi connectivity index (χ1v) is 5.48. The van der Waals surface area contributed by atoms with Crippen LogP contribution in [-0.4, -0.2) is 23.8 Å². The van der Waals surface area contributed by atoms with Crippen molar-refractivity contribution in [3.8, 4) is 0 Å². The molecule has 2 heteroatoms. The second-order valence-electron chi connectivity index (χ2n) is 4.91. The van der Waals surface area contributed by atoms with Crippen LogP contribution < -0.4 is 5.32 Å². The Morgan fingerprint density at radius 3 is 2.54 bits per heavy atom. The van der Waals surface area contributed by atoms with Crippen molar-refractivity contribution in [2.45, 2.75) is 45.6 Å². The molecule has 2 atom stereocenters. The van der Waals surface area contributed by atoms with Gasteiger partial charge in [-0.05, 0) is 37.6 Å². The third kappa shape index (κ3) is 2.96. The molecule has 2 N–H and O–H groups in total. The van der Waals surface area contributed by atoms with Crippen molar-refractivity contribution in [1.82, 2.24) is 5.32 Å². The van der Waals surface area contributed by atoms with E-state index in [1.165, 1.54) is 0 Å². The minimum absolute atomic E-state index is 0.417. The highest BCUT2D eigenvalue weighted by Crippen LogP contribution is 2.29. The van der Waals surface area contributed by atoms with Gasteiger partial charge in [-0.3, -0.25) is 0 Å². The Balaban J connectivity index is 2.46. The maximum atomic E-state index is 10.3. The summed E-state index contributed by atoms with van der Waals surface area (Å²) in [6, 6.07) is 0. The van der Waals surface area contributed by atoms with Crippen LogP contribution in [0.2, 0.25) is 0 Å². The number of aliphatic hydroxyl groups is 1. The van der Waals surface area contributed by atoms with Gasteiger partial charge in [0.05, 0.1) is 5.60 Å². The van der Waals surface area contributed by atoms with Crippen LogP contribution in [0.15, 0.2) is 0 Å². The minimum Gasteiger partial charge on any atom is -0.388 e. The maximum Gasteiger partial charge on any atom is 0.0797 e. The molecule has 1 aliphatic rings. The topological polar surface area (TPSA) is 32.3 Å². The average molecular weight is 185 g/mol. The number of hydrogen-bond donors (Lipinski definition) is 2. The fraction of sp³-hybridized carbons (Fsp3) is 1.00. The smallest absolute Gasteiger partial charge is 0.0797 e. The summed E-state index contributed by atoms with van der Waals surface area (Å²) in [6.07, 6.45) is 3.20. The zero-order valence-corrected chi connectivity index (χ0v) is 9.14. The van der Waals surface area contributed by atoms with Gasteiger partial charge in [-0.25, -0.2) is 0 Å². The van der Waals surface area contributed by atoms with Gasteiger partial charge in [-0.1, -0.05) is 20.8 Å². The standard InChI is InChI=1S/C11H23NO/c1-9(2)7-10(3)11(13)5-4-6-12-8-11/h9-10,12-13H,4-8H2,1-3H3. The number of rotatable bonds is 3. The Labute approximate surface area is 81.7 Å². The highest BCUT2D eigenvalue weighted by molar-refractivity contribution is 4.89. The molecule has 0 radical (unpaired) electrons. The fourth-order valence-corrected chi connectivity index (χ4v) is 2.26. The van der Waals surface area contributed by atoms with Crippen molar-refractivity contribution >= 4 is 0 Å². The summed E-state index contributed by atoms with van der Waals surface area (Å²) in [5, 5.41) is 13.6. The monoisotopic (exact) mass is 185 g/mol. The van der Waals surface area contributed by atoms with Crippen molar-refractivity contribution in [2.75, 3.05) is 13.1 Å². The Hall–Kier alpha value is -0.0800. The average Bonchev–Trinajstić information content (AvgIpc) is 2.04. The lowest BCUT2D eigenvalue weighted by Crippen LogP contribution is -2.50. The van der Waals surface area contributed by atoms with E-state index in [2.05, 4.69) is 26.1 Å². The van der Waals surface area contributed by atoms with Gasteiger partial charge >= 0.3 is 0 Å². The molecule has 0 saturated carbocycles. The van der Waals surface area contributed by atoms with Crippen LogP contribution in [0.4, 0.5) is 0 Å². The maximum absolute atomic E-state index is 10.3. The highest BCUT2D eigenvalue weighted by atomic mass is 16.3. The lowest BCUT2D eigenvalue weighted by atomic mass is 9.78. The van der Waals surface area contributed by atoms with Gasteiger partial charge < -0.3 is 10.4 Å². The van der Waals surface area contributed by atoms with Crippen LogP contribution >= 0.6 is 0 Å². The predicted octanol–water partition coefficient (Wildman–Crippen LogP) is 1.78. The molecule has 0 bridgehead atoms. The van der Waals surface area contributed by atoms with Crippen LogP contribution in [0.5, 0.6) is 0 Å². The number of hydrogen-bond acceptors (Lipinski definition) is 2. The second kappa shape index (κ2) is 4.43. The van der Waals surface area contributed by atoms with Gasteiger partial charge in [0.1, 0.15) is 0 Å². The van der Waals surface area contributed by atoms with Crippen LogP contribution in [0.3, 0.4) is 0 Å². The molecule has 0 amide bonds. The summed E-state index contributed by atoms with van der Waals surface area (Å²) in [6.45, 7) is 8.46. The van der Waals surface area contributed by atoms with Crippen molar-refractivity contribution < 1.29 is 5.11 Å². The van der Waals surface area contributed by atoms with Gasteiger partial charge in [-0.15, -0.1) is 0 Å². The number of piperidine rings is 1. The molecule has 0 aromatic heterocycles. The molecule has 1 rings (SSSR count). The van der Waals surface area contributed by atoms with E-state index >= 15 is 0 Å². The normalized spacial score (nSPS) is 32.1. The molecule has 1 fully saturated rings. The Morgan fingerprint density at radius 1 is 1.38 bits per heavy atom. The first-order valence-electron chi connectivity index (χ1n) is 5.48. The second-order valence-corrected chi connectivity index (χ2v) is 4.91. The van der Waals surface area contributed by atoms with Gasteiger partial charge in [-0.2, -0.15) is 0 Å². The summed E-state index contributed by atoms with van der Waals surface area (Å²) in [5.41, 5.74) is -0.442. The van der Waals surface area contributed by atoms with Crippen molar-refractivity contribution in [1.29, 1.82) is 0 Å². The van der Waals surface area contributed by atoms with Gasteiger partial charge in [0.2, 0.25) is 0 Å². The summed E-state index contributed by atoms with van der Waals surface area (Å²) >= 11 is 0. The van der Waals surface area contributed by atoms with E-state index in [-0.39, 0.29) is 0 Å². The quantitative estimate of drug-likeness (QED) is 0.702. The molecule has 1 aliphatic heterocycles.